The molecular formula is C19H30O6. The quantitative estimate of drug-likeness (QED) is 0.591. The average Bonchev–Trinajstić information content (AvgIpc) is 2.50. The molecule has 0 aromatic rings. The number of rotatable bonds is 4. The fourth-order valence-electron chi connectivity index (χ4n) is 4.86. The van der Waals surface area contributed by atoms with Crippen molar-refractivity contribution in [3.05, 3.63) is 12.2 Å². The zero-order valence-corrected chi connectivity index (χ0v) is 15.5. The van der Waals surface area contributed by atoms with Gasteiger partial charge in [-0.05, 0) is 25.2 Å². The SMILES string of the molecule is C=C1C[C@H](O)[C@@H](OC(C)=O)[C@]2(C)CC[C@@H]([C@H](C)CO)[C@H](OC(C)=O)C12. The predicted octanol–water partition coefficient (Wildman–Crippen LogP) is 1.83. The van der Waals surface area contributed by atoms with E-state index in [2.05, 4.69) is 6.58 Å². The van der Waals surface area contributed by atoms with Gasteiger partial charge in [0, 0.05) is 37.7 Å². The Kier molecular flexibility index (Phi) is 5.94. The van der Waals surface area contributed by atoms with Crippen molar-refractivity contribution < 1.29 is 29.3 Å². The third kappa shape index (κ3) is 3.75. The van der Waals surface area contributed by atoms with Gasteiger partial charge in [-0.1, -0.05) is 26.0 Å². The molecule has 0 heterocycles. The van der Waals surface area contributed by atoms with Gasteiger partial charge in [-0.25, -0.2) is 0 Å². The van der Waals surface area contributed by atoms with Crippen molar-refractivity contribution >= 4 is 11.9 Å². The third-order valence-corrected chi connectivity index (χ3v) is 6.00. The number of ether oxygens (including phenoxy) is 2. The van der Waals surface area contributed by atoms with E-state index in [1.165, 1.54) is 13.8 Å². The highest BCUT2D eigenvalue weighted by Crippen LogP contribution is 2.56. The van der Waals surface area contributed by atoms with E-state index < -0.39 is 29.7 Å². The topological polar surface area (TPSA) is 93.1 Å². The lowest BCUT2D eigenvalue weighted by atomic mass is 9.52. The monoisotopic (exact) mass is 354 g/mol. The molecule has 0 aliphatic heterocycles. The number of carbonyl (C=O) groups is 2. The van der Waals surface area contributed by atoms with Crippen LogP contribution in [0.4, 0.5) is 0 Å². The second-order valence-corrected chi connectivity index (χ2v) is 7.88. The molecule has 6 nitrogen and oxygen atoms in total. The number of aliphatic hydroxyl groups excluding tert-OH is 2. The summed E-state index contributed by atoms with van der Waals surface area (Å²) in [6, 6.07) is 0. The number of esters is 2. The van der Waals surface area contributed by atoms with Crippen LogP contribution in [0, 0.1) is 23.2 Å². The number of carbonyl (C=O) groups excluding carboxylic acids is 2. The molecule has 0 spiro atoms. The number of aliphatic hydroxyl groups is 2. The number of fused-ring (bicyclic) bond motifs is 1. The summed E-state index contributed by atoms with van der Waals surface area (Å²) in [4.78, 5) is 23.3. The summed E-state index contributed by atoms with van der Waals surface area (Å²) >= 11 is 0. The van der Waals surface area contributed by atoms with Crippen LogP contribution in [0.3, 0.4) is 0 Å². The van der Waals surface area contributed by atoms with Crippen molar-refractivity contribution in [3.63, 3.8) is 0 Å². The van der Waals surface area contributed by atoms with Crippen molar-refractivity contribution in [1.82, 2.24) is 0 Å². The maximum Gasteiger partial charge on any atom is 0.303 e. The Morgan fingerprint density at radius 3 is 2.44 bits per heavy atom. The summed E-state index contributed by atoms with van der Waals surface area (Å²) in [6.07, 6.45) is -0.220. The molecule has 2 rings (SSSR count). The van der Waals surface area contributed by atoms with Crippen molar-refractivity contribution in [1.29, 1.82) is 0 Å². The molecule has 7 atom stereocenters. The first kappa shape index (κ1) is 19.9. The molecule has 0 amide bonds. The lowest BCUT2D eigenvalue weighted by molar-refractivity contribution is -0.200. The van der Waals surface area contributed by atoms with Gasteiger partial charge in [0.1, 0.15) is 12.2 Å². The minimum atomic E-state index is -0.817. The maximum atomic E-state index is 11.7. The molecule has 2 saturated carbocycles. The lowest BCUT2D eigenvalue weighted by Gasteiger charge is -2.56. The van der Waals surface area contributed by atoms with E-state index in [0.717, 1.165) is 5.57 Å². The summed E-state index contributed by atoms with van der Waals surface area (Å²) < 4.78 is 11.2. The van der Waals surface area contributed by atoms with Crippen LogP contribution in [-0.2, 0) is 19.1 Å². The van der Waals surface area contributed by atoms with Gasteiger partial charge in [-0.15, -0.1) is 0 Å². The van der Waals surface area contributed by atoms with E-state index in [-0.39, 0.29) is 30.3 Å². The lowest BCUT2D eigenvalue weighted by Crippen LogP contribution is -2.60. The largest absolute Gasteiger partial charge is 0.462 e. The molecular weight excluding hydrogens is 324 g/mol. The smallest absolute Gasteiger partial charge is 0.303 e. The van der Waals surface area contributed by atoms with E-state index in [9.17, 15) is 19.8 Å². The summed E-state index contributed by atoms with van der Waals surface area (Å²) in [5.74, 6) is -1.08. The zero-order chi connectivity index (χ0) is 18.9. The first-order chi connectivity index (χ1) is 11.6. The molecule has 2 N–H and O–H groups in total. The fourth-order valence-corrected chi connectivity index (χ4v) is 4.86. The van der Waals surface area contributed by atoms with Gasteiger partial charge in [-0.2, -0.15) is 0 Å². The Balaban J connectivity index is 2.44. The summed E-state index contributed by atoms with van der Waals surface area (Å²) in [7, 11) is 0. The van der Waals surface area contributed by atoms with E-state index in [0.29, 0.717) is 19.3 Å². The average molecular weight is 354 g/mol. The van der Waals surface area contributed by atoms with Crippen molar-refractivity contribution in [2.24, 2.45) is 23.2 Å². The number of hydrogen-bond acceptors (Lipinski definition) is 6. The van der Waals surface area contributed by atoms with Gasteiger partial charge in [-0.3, -0.25) is 9.59 Å². The molecule has 0 radical (unpaired) electrons. The Bertz CT molecular complexity index is 544. The van der Waals surface area contributed by atoms with Gasteiger partial charge in [0.05, 0.1) is 6.10 Å². The van der Waals surface area contributed by atoms with Crippen LogP contribution in [0.2, 0.25) is 0 Å². The van der Waals surface area contributed by atoms with Gasteiger partial charge >= 0.3 is 11.9 Å². The fraction of sp³-hybridized carbons (Fsp3) is 0.789. The second-order valence-electron chi connectivity index (χ2n) is 7.88. The third-order valence-electron chi connectivity index (χ3n) is 6.00. The van der Waals surface area contributed by atoms with Crippen LogP contribution >= 0.6 is 0 Å². The normalized spacial score (nSPS) is 39.3. The molecule has 1 unspecified atom stereocenters. The van der Waals surface area contributed by atoms with Crippen LogP contribution in [0.5, 0.6) is 0 Å². The minimum absolute atomic E-state index is 0.00283. The highest BCUT2D eigenvalue weighted by Gasteiger charge is 2.59. The van der Waals surface area contributed by atoms with Crippen LogP contribution in [0.25, 0.3) is 0 Å². The van der Waals surface area contributed by atoms with Crippen molar-refractivity contribution in [2.45, 2.75) is 65.3 Å². The van der Waals surface area contributed by atoms with Crippen molar-refractivity contribution in [3.8, 4) is 0 Å². The Morgan fingerprint density at radius 1 is 1.32 bits per heavy atom. The molecule has 2 aliphatic carbocycles. The molecule has 0 aromatic heterocycles. The van der Waals surface area contributed by atoms with Gasteiger partial charge in [0.2, 0.25) is 0 Å². The molecule has 2 fully saturated rings. The van der Waals surface area contributed by atoms with Crippen LogP contribution in [-0.4, -0.2) is 47.1 Å². The number of hydrogen-bond donors (Lipinski definition) is 2. The molecule has 0 bridgehead atoms. The molecule has 6 heteroatoms. The molecule has 142 valence electrons. The summed E-state index contributed by atoms with van der Waals surface area (Å²) in [5.41, 5.74) is 0.242. The van der Waals surface area contributed by atoms with Crippen LogP contribution in [0.1, 0.15) is 47.0 Å². The molecule has 0 saturated heterocycles. The van der Waals surface area contributed by atoms with E-state index in [1.54, 1.807) is 0 Å². The standard InChI is InChI=1S/C19H30O6/c1-10-8-15(23)18(25-13(4)22)19(5)7-6-14(11(2)9-20)17(16(10)19)24-12(3)21/h11,14-18,20,23H,1,6-9H2,2-5H3/t11-,14+,15+,16?,17+,18-,19-/m1/s1. The van der Waals surface area contributed by atoms with E-state index in [1.807, 2.05) is 13.8 Å². The Labute approximate surface area is 149 Å². The van der Waals surface area contributed by atoms with Gasteiger partial charge in [0.25, 0.3) is 0 Å². The van der Waals surface area contributed by atoms with Crippen LogP contribution < -0.4 is 0 Å². The summed E-state index contributed by atoms with van der Waals surface area (Å²) in [5, 5.41) is 20.1. The molecule has 25 heavy (non-hydrogen) atoms. The van der Waals surface area contributed by atoms with Crippen molar-refractivity contribution in [2.75, 3.05) is 6.61 Å². The van der Waals surface area contributed by atoms with Crippen LogP contribution in [0.15, 0.2) is 12.2 Å². The van der Waals surface area contributed by atoms with E-state index in [4.69, 9.17) is 9.47 Å². The van der Waals surface area contributed by atoms with Gasteiger partial charge in [0.15, 0.2) is 0 Å². The maximum absolute atomic E-state index is 11.7. The Hall–Kier alpha value is -1.40. The minimum Gasteiger partial charge on any atom is -0.462 e. The first-order valence-corrected chi connectivity index (χ1v) is 8.92. The molecule has 2 aliphatic rings. The van der Waals surface area contributed by atoms with E-state index >= 15 is 0 Å². The Morgan fingerprint density at radius 2 is 1.92 bits per heavy atom. The van der Waals surface area contributed by atoms with Gasteiger partial charge < -0.3 is 19.7 Å². The second kappa shape index (κ2) is 7.46. The zero-order valence-electron chi connectivity index (χ0n) is 15.5. The highest BCUT2D eigenvalue weighted by molar-refractivity contribution is 5.67. The highest BCUT2D eigenvalue weighted by atomic mass is 16.6. The first-order valence-electron chi connectivity index (χ1n) is 8.92. The summed E-state index contributed by atoms with van der Waals surface area (Å²) in [6.45, 7) is 10.7. The predicted molar refractivity (Wildman–Crippen MR) is 91.4 cm³/mol. The molecule has 0 aromatic carbocycles.